The molecule has 0 atom stereocenters. The van der Waals surface area contributed by atoms with Crippen LogP contribution in [0.25, 0.3) is 11.4 Å². The highest BCUT2D eigenvalue weighted by molar-refractivity contribution is 14.1. The van der Waals surface area contributed by atoms with E-state index in [2.05, 4.69) is 69.3 Å². The third-order valence-electron chi connectivity index (χ3n) is 2.76. The van der Waals surface area contributed by atoms with Gasteiger partial charge >= 0.3 is 0 Å². The summed E-state index contributed by atoms with van der Waals surface area (Å²) >= 11 is 5.50. The minimum absolute atomic E-state index is 0.144. The van der Waals surface area contributed by atoms with Crippen LogP contribution < -0.4 is 5.73 Å². The van der Waals surface area contributed by atoms with E-state index in [0.29, 0.717) is 16.1 Å². The number of nitrogens with zero attached hydrogens (tertiary/aromatic N) is 2. The Morgan fingerprint density at radius 1 is 1.25 bits per heavy atom. The maximum absolute atomic E-state index is 13.2. The number of aromatic nitrogens is 2. The summed E-state index contributed by atoms with van der Waals surface area (Å²) in [5.41, 5.74) is 7.45. The molecule has 2 rings (SSSR count). The van der Waals surface area contributed by atoms with Crippen LogP contribution in [0.3, 0.4) is 0 Å². The zero-order valence-corrected chi connectivity index (χ0v) is 15.1. The van der Waals surface area contributed by atoms with Crippen molar-refractivity contribution in [2.75, 3.05) is 5.73 Å². The number of nitrogens with two attached hydrogens (primary N) is 1. The first kappa shape index (κ1) is 15.6. The molecule has 0 unspecified atom stereocenters. The molecule has 0 aliphatic heterocycles. The van der Waals surface area contributed by atoms with Gasteiger partial charge in [-0.15, -0.1) is 0 Å². The second-order valence-electron chi connectivity index (χ2n) is 5.47. The molecule has 2 N–H and O–H groups in total. The van der Waals surface area contributed by atoms with Crippen LogP contribution in [0.2, 0.25) is 0 Å². The average Bonchev–Trinajstić information content (AvgIpc) is 2.31. The van der Waals surface area contributed by atoms with Gasteiger partial charge in [0.05, 0.1) is 9.26 Å². The van der Waals surface area contributed by atoms with Crippen LogP contribution in [0, 0.1) is 9.39 Å². The number of rotatable bonds is 1. The molecular weight excluding hydrogens is 436 g/mol. The van der Waals surface area contributed by atoms with Gasteiger partial charge in [-0.05, 0) is 56.7 Å². The highest BCUT2D eigenvalue weighted by atomic mass is 127. The third-order valence-corrected chi connectivity index (χ3v) is 4.48. The number of halogens is 3. The second-order valence-corrected chi connectivity index (χ2v) is 7.40. The number of benzene rings is 1. The molecule has 1 aromatic carbocycles. The summed E-state index contributed by atoms with van der Waals surface area (Å²) in [4.78, 5) is 8.93. The largest absolute Gasteiger partial charge is 0.383 e. The first-order valence-corrected chi connectivity index (χ1v) is 7.86. The Kier molecular flexibility index (Phi) is 4.34. The summed E-state index contributed by atoms with van der Waals surface area (Å²) in [6.45, 7) is 6.21. The summed E-state index contributed by atoms with van der Waals surface area (Å²) in [7, 11) is 0. The molecule has 0 saturated heterocycles. The Morgan fingerprint density at radius 3 is 2.45 bits per heavy atom. The molecule has 0 saturated carbocycles. The fourth-order valence-electron chi connectivity index (χ4n) is 1.75. The molecule has 1 heterocycles. The first-order chi connectivity index (χ1) is 9.20. The molecule has 0 fully saturated rings. The third kappa shape index (κ3) is 3.11. The standard InChI is InChI=1S/C14H14BrFIN3/c1-14(2,3)11-10(17)12(18)20-13(19-11)8-5-4-7(16)6-9(8)15/h4-6H,1-3H3,(H2,18,19,20). The number of anilines is 1. The maximum atomic E-state index is 13.2. The van der Waals surface area contributed by atoms with Gasteiger partial charge in [-0.3, -0.25) is 0 Å². The molecule has 0 bridgehead atoms. The number of hydrogen-bond acceptors (Lipinski definition) is 3. The summed E-state index contributed by atoms with van der Waals surface area (Å²) < 4.78 is 14.6. The Labute approximate surface area is 139 Å². The predicted molar refractivity (Wildman–Crippen MR) is 91.0 cm³/mol. The SMILES string of the molecule is CC(C)(C)c1nc(-c2ccc(F)cc2Br)nc(N)c1I. The van der Waals surface area contributed by atoms with Crippen molar-refractivity contribution in [3.05, 3.63) is 37.8 Å². The molecule has 1 aromatic heterocycles. The molecule has 6 heteroatoms. The van der Waals surface area contributed by atoms with E-state index in [1.807, 2.05) is 0 Å². The zero-order chi connectivity index (χ0) is 15.1. The van der Waals surface area contributed by atoms with E-state index in [-0.39, 0.29) is 11.2 Å². The summed E-state index contributed by atoms with van der Waals surface area (Å²) in [5, 5.41) is 0. The summed E-state index contributed by atoms with van der Waals surface area (Å²) in [6, 6.07) is 4.42. The lowest BCUT2D eigenvalue weighted by Gasteiger charge is -2.21. The van der Waals surface area contributed by atoms with E-state index < -0.39 is 0 Å². The highest BCUT2D eigenvalue weighted by Gasteiger charge is 2.23. The molecule has 20 heavy (non-hydrogen) atoms. The molecule has 0 spiro atoms. The molecule has 0 amide bonds. The van der Waals surface area contributed by atoms with E-state index >= 15 is 0 Å². The van der Waals surface area contributed by atoms with Gasteiger partial charge in [-0.25, -0.2) is 14.4 Å². The van der Waals surface area contributed by atoms with E-state index in [1.165, 1.54) is 12.1 Å². The van der Waals surface area contributed by atoms with Crippen LogP contribution in [0.4, 0.5) is 10.2 Å². The fraction of sp³-hybridized carbons (Fsp3) is 0.286. The molecule has 0 radical (unpaired) electrons. The molecule has 0 aliphatic rings. The van der Waals surface area contributed by atoms with E-state index in [4.69, 9.17) is 5.73 Å². The molecule has 3 nitrogen and oxygen atoms in total. The Morgan fingerprint density at radius 2 is 1.90 bits per heavy atom. The van der Waals surface area contributed by atoms with Crippen LogP contribution >= 0.6 is 38.5 Å². The van der Waals surface area contributed by atoms with Gasteiger partial charge in [0.25, 0.3) is 0 Å². The Balaban J connectivity index is 2.67. The fourth-order valence-corrected chi connectivity index (χ4v) is 3.33. The smallest absolute Gasteiger partial charge is 0.162 e. The van der Waals surface area contributed by atoms with Crippen LogP contribution in [0.15, 0.2) is 22.7 Å². The number of hydrogen-bond donors (Lipinski definition) is 1. The van der Waals surface area contributed by atoms with Gasteiger partial charge in [0.2, 0.25) is 0 Å². The van der Waals surface area contributed by atoms with E-state index in [9.17, 15) is 4.39 Å². The lowest BCUT2D eigenvalue weighted by atomic mass is 9.92. The normalized spacial score (nSPS) is 11.7. The van der Waals surface area contributed by atoms with Crippen molar-refractivity contribution in [2.24, 2.45) is 0 Å². The molecule has 2 aromatic rings. The summed E-state index contributed by atoms with van der Waals surface area (Å²) in [6.07, 6.45) is 0. The predicted octanol–water partition coefficient (Wildman–Crippen LogP) is 4.53. The Hall–Kier alpha value is -0.760. The molecular formula is C14H14BrFIN3. The van der Waals surface area contributed by atoms with Gasteiger partial charge in [-0.2, -0.15) is 0 Å². The molecule has 0 aliphatic carbocycles. The lowest BCUT2D eigenvalue weighted by Crippen LogP contribution is -2.18. The zero-order valence-electron chi connectivity index (χ0n) is 11.3. The van der Waals surface area contributed by atoms with Gasteiger partial charge in [0.15, 0.2) is 5.82 Å². The van der Waals surface area contributed by atoms with Gasteiger partial charge in [0.1, 0.15) is 11.6 Å². The minimum Gasteiger partial charge on any atom is -0.383 e. The van der Waals surface area contributed by atoms with Crippen molar-refractivity contribution in [3.8, 4) is 11.4 Å². The first-order valence-electron chi connectivity index (χ1n) is 5.99. The van der Waals surface area contributed by atoms with E-state index in [1.54, 1.807) is 6.07 Å². The van der Waals surface area contributed by atoms with Crippen molar-refractivity contribution >= 4 is 44.3 Å². The van der Waals surface area contributed by atoms with Crippen LogP contribution in [0.5, 0.6) is 0 Å². The quantitative estimate of drug-likeness (QED) is 0.650. The lowest BCUT2D eigenvalue weighted by molar-refractivity contribution is 0.564. The molecule has 106 valence electrons. The van der Waals surface area contributed by atoms with Crippen molar-refractivity contribution in [2.45, 2.75) is 26.2 Å². The van der Waals surface area contributed by atoms with E-state index in [0.717, 1.165) is 14.8 Å². The second kappa shape index (κ2) is 5.55. The van der Waals surface area contributed by atoms with Crippen molar-refractivity contribution < 1.29 is 4.39 Å². The van der Waals surface area contributed by atoms with Crippen molar-refractivity contribution in [1.82, 2.24) is 9.97 Å². The topological polar surface area (TPSA) is 51.8 Å². The van der Waals surface area contributed by atoms with Gasteiger partial charge < -0.3 is 5.73 Å². The van der Waals surface area contributed by atoms with Gasteiger partial charge in [-0.1, -0.05) is 20.8 Å². The van der Waals surface area contributed by atoms with Crippen LogP contribution in [0.1, 0.15) is 26.5 Å². The Bertz CT molecular complexity index is 668. The number of nitrogen functional groups attached to an aromatic ring is 1. The van der Waals surface area contributed by atoms with Gasteiger partial charge in [0, 0.05) is 15.5 Å². The highest BCUT2D eigenvalue weighted by Crippen LogP contribution is 2.32. The minimum atomic E-state index is -0.310. The average molecular weight is 450 g/mol. The van der Waals surface area contributed by atoms with Crippen molar-refractivity contribution in [3.63, 3.8) is 0 Å². The van der Waals surface area contributed by atoms with Crippen LogP contribution in [-0.4, -0.2) is 9.97 Å². The summed E-state index contributed by atoms with van der Waals surface area (Å²) in [5.74, 6) is 0.631. The monoisotopic (exact) mass is 449 g/mol. The van der Waals surface area contributed by atoms with Crippen LogP contribution in [-0.2, 0) is 5.41 Å². The maximum Gasteiger partial charge on any atom is 0.162 e. The van der Waals surface area contributed by atoms with Crippen molar-refractivity contribution in [1.29, 1.82) is 0 Å².